The number of nitrogens with zero attached hydrogens (tertiary/aromatic N) is 1. The molecule has 0 unspecified atom stereocenters. The van der Waals surface area contributed by atoms with Crippen molar-refractivity contribution < 1.29 is 22.7 Å². The number of rotatable bonds is 4. The summed E-state index contributed by atoms with van der Waals surface area (Å²) >= 11 is 5.99. The highest BCUT2D eigenvalue weighted by molar-refractivity contribution is 7.89. The Hall–Kier alpha value is -2.62. The van der Waals surface area contributed by atoms with Gasteiger partial charge in [0.1, 0.15) is 5.75 Å². The Labute approximate surface area is 198 Å². The maximum atomic E-state index is 13.5. The molecule has 2 aromatic carbocycles. The molecule has 8 nitrogen and oxygen atoms in total. The molecule has 10 heteroatoms. The van der Waals surface area contributed by atoms with Crippen molar-refractivity contribution in [2.45, 2.75) is 44.6 Å². The number of ether oxygens (including phenoxy) is 1. The van der Waals surface area contributed by atoms with E-state index in [0.717, 1.165) is 5.56 Å². The molecule has 0 saturated carbocycles. The highest BCUT2D eigenvalue weighted by Crippen LogP contribution is 2.36. The molecule has 33 heavy (non-hydrogen) atoms. The summed E-state index contributed by atoms with van der Waals surface area (Å²) in [7, 11) is -3.87. The largest absolute Gasteiger partial charge is 0.479 e. The van der Waals surface area contributed by atoms with Crippen LogP contribution in [0.3, 0.4) is 0 Å². The quantitative estimate of drug-likeness (QED) is 0.678. The second-order valence-electron chi connectivity index (χ2n) is 8.51. The van der Waals surface area contributed by atoms with Gasteiger partial charge >= 0.3 is 0 Å². The van der Waals surface area contributed by atoms with Crippen LogP contribution in [0, 0.1) is 19.8 Å². The Morgan fingerprint density at radius 3 is 2.70 bits per heavy atom. The van der Waals surface area contributed by atoms with Crippen LogP contribution in [0.1, 0.15) is 30.9 Å². The van der Waals surface area contributed by atoms with Crippen molar-refractivity contribution in [1.82, 2.24) is 4.31 Å². The molecule has 2 aliphatic rings. The molecule has 1 fully saturated rings. The number of benzene rings is 2. The summed E-state index contributed by atoms with van der Waals surface area (Å²) in [5.41, 5.74) is 2.43. The first kappa shape index (κ1) is 23.5. The van der Waals surface area contributed by atoms with Crippen molar-refractivity contribution >= 4 is 44.8 Å². The van der Waals surface area contributed by atoms with Crippen LogP contribution < -0.4 is 15.4 Å². The summed E-state index contributed by atoms with van der Waals surface area (Å²) in [6, 6.07) is 8.26. The van der Waals surface area contributed by atoms with Crippen LogP contribution in [-0.4, -0.2) is 43.7 Å². The van der Waals surface area contributed by atoms with Crippen molar-refractivity contribution in [3.05, 3.63) is 46.5 Å². The summed E-state index contributed by atoms with van der Waals surface area (Å²) in [4.78, 5) is 24.9. The fourth-order valence-electron chi connectivity index (χ4n) is 4.14. The third-order valence-electron chi connectivity index (χ3n) is 6.03. The molecule has 2 heterocycles. The van der Waals surface area contributed by atoms with Gasteiger partial charge in [0.25, 0.3) is 5.91 Å². The lowest BCUT2D eigenvalue weighted by Gasteiger charge is -2.32. The summed E-state index contributed by atoms with van der Waals surface area (Å²) in [5.74, 6) is -0.659. The number of nitrogens with one attached hydrogen (secondary N) is 2. The molecule has 1 saturated heterocycles. The molecule has 176 valence electrons. The zero-order valence-electron chi connectivity index (χ0n) is 18.6. The van der Waals surface area contributed by atoms with E-state index in [9.17, 15) is 18.0 Å². The maximum absolute atomic E-state index is 13.5. The van der Waals surface area contributed by atoms with E-state index in [1.165, 1.54) is 10.4 Å². The molecule has 0 aliphatic carbocycles. The molecular formula is C23H26ClN3O5S. The Bertz CT molecular complexity index is 1230. The van der Waals surface area contributed by atoms with E-state index in [4.69, 9.17) is 16.3 Å². The smallest absolute Gasteiger partial charge is 0.265 e. The van der Waals surface area contributed by atoms with Crippen molar-refractivity contribution in [3.8, 4) is 5.75 Å². The fourth-order valence-corrected chi connectivity index (χ4v) is 6.11. The third kappa shape index (κ3) is 4.71. The molecule has 2 aromatic rings. The Morgan fingerprint density at radius 1 is 1.21 bits per heavy atom. The van der Waals surface area contributed by atoms with E-state index in [1.54, 1.807) is 38.1 Å². The van der Waals surface area contributed by atoms with Crippen LogP contribution in [0.4, 0.5) is 11.4 Å². The van der Waals surface area contributed by atoms with Gasteiger partial charge in [-0.2, -0.15) is 4.31 Å². The second kappa shape index (κ2) is 8.96. The van der Waals surface area contributed by atoms with Gasteiger partial charge in [-0.1, -0.05) is 11.6 Å². The number of aryl methyl sites for hydroxylation is 2. The highest BCUT2D eigenvalue weighted by Gasteiger charge is 2.35. The number of anilines is 2. The Morgan fingerprint density at radius 2 is 1.97 bits per heavy atom. The molecule has 2 amide bonds. The lowest BCUT2D eigenvalue weighted by atomic mass is 9.98. The minimum atomic E-state index is -3.87. The predicted molar refractivity (Wildman–Crippen MR) is 126 cm³/mol. The van der Waals surface area contributed by atoms with E-state index >= 15 is 0 Å². The van der Waals surface area contributed by atoms with Crippen molar-refractivity contribution in [1.29, 1.82) is 0 Å². The lowest BCUT2D eigenvalue weighted by Crippen LogP contribution is -2.44. The number of fused-ring (bicyclic) bond motifs is 1. The van der Waals surface area contributed by atoms with Gasteiger partial charge in [-0.3, -0.25) is 9.59 Å². The van der Waals surface area contributed by atoms with E-state index in [-0.39, 0.29) is 23.3 Å². The Balaban J connectivity index is 1.54. The van der Waals surface area contributed by atoms with Crippen LogP contribution in [0.2, 0.25) is 5.02 Å². The summed E-state index contributed by atoms with van der Waals surface area (Å²) < 4.78 is 33.9. The first-order chi connectivity index (χ1) is 15.6. The van der Waals surface area contributed by atoms with E-state index in [1.807, 2.05) is 6.92 Å². The number of carbonyl (C=O) groups excluding carboxylic acids is 2. The first-order valence-electron chi connectivity index (χ1n) is 10.8. The number of carbonyl (C=O) groups is 2. The van der Waals surface area contributed by atoms with Crippen LogP contribution >= 0.6 is 11.6 Å². The average molecular weight is 492 g/mol. The minimum Gasteiger partial charge on any atom is -0.479 e. The van der Waals surface area contributed by atoms with Gasteiger partial charge in [0.15, 0.2) is 6.10 Å². The third-order valence-corrected chi connectivity index (χ3v) is 8.27. The minimum absolute atomic E-state index is 0.0886. The van der Waals surface area contributed by atoms with Crippen LogP contribution in [-0.2, 0) is 19.6 Å². The number of hydrogen-bond donors (Lipinski definition) is 2. The van der Waals surface area contributed by atoms with Crippen molar-refractivity contribution in [3.63, 3.8) is 0 Å². The van der Waals surface area contributed by atoms with Gasteiger partial charge in [0.05, 0.1) is 16.5 Å². The molecule has 0 spiro atoms. The van der Waals surface area contributed by atoms with E-state index < -0.39 is 22.0 Å². The zero-order chi connectivity index (χ0) is 23.9. The van der Waals surface area contributed by atoms with Gasteiger partial charge in [-0.25, -0.2) is 8.42 Å². The van der Waals surface area contributed by atoms with Crippen LogP contribution in [0.5, 0.6) is 5.75 Å². The number of hydrogen-bond acceptors (Lipinski definition) is 5. The molecular weight excluding hydrogens is 466 g/mol. The fraction of sp³-hybridized carbons (Fsp3) is 0.391. The lowest BCUT2D eigenvalue weighted by molar-refractivity contribution is -0.123. The van der Waals surface area contributed by atoms with Gasteiger partial charge in [-0.15, -0.1) is 0 Å². The molecule has 4 rings (SSSR count). The number of amides is 2. The normalized spacial score (nSPS) is 21.0. The summed E-state index contributed by atoms with van der Waals surface area (Å²) in [5, 5.41) is 6.21. The topological polar surface area (TPSA) is 105 Å². The molecule has 0 radical (unpaired) electrons. The van der Waals surface area contributed by atoms with E-state index in [0.29, 0.717) is 47.1 Å². The van der Waals surface area contributed by atoms with Crippen LogP contribution in [0.25, 0.3) is 0 Å². The number of piperidine rings is 1. The van der Waals surface area contributed by atoms with Crippen LogP contribution in [0.15, 0.2) is 35.2 Å². The summed E-state index contributed by atoms with van der Waals surface area (Å²) in [6.07, 6.45) is 0.459. The number of sulfonamides is 1. The average Bonchev–Trinajstić information content (AvgIpc) is 2.76. The molecule has 0 bridgehead atoms. The van der Waals surface area contributed by atoms with Crippen molar-refractivity contribution in [2.24, 2.45) is 5.92 Å². The van der Waals surface area contributed by atoms with Crippen molar-refractivity contribution in [2.75, 3.05) is 23.7 Å². The first-order valence-corrected chi connectivity index (χ1v) is 12.6. The van der Waals surface area contributed by atoms with Gasteiger partial charge in [0, 0.05) is 29.9 Å². The number of halogens is 1. The second-order valence-corrected chi connectivity index (χ2v) is 10.9. The van der Waals surface area contributed by atoms with Gasteiger partial charge < -0.3 is 15.4 Å². The van der Waals surface area contributed by atoms with Gasteiger partial charge in [-0.05, 0) is 69.0 Å². The SMILES string of the molecule is Cc1cc(Cl)ccc1NC(=O)[C@H]1CCCN(S(=O)(=O)c2cc3c(cc2C)NC(=O)[C@@H](C)O3)C1. The Kier molecular flexibility index (Phi) is 6.39. The zero-order valence-corrected chi connectivity index (χ0v) is 20.2. The van der Waals surface area contributed by atoms with E-state index in [2.05, 4.69) is 10.6 Å². The summed E-state index contributed by atoms with van der Waals surface area (Å²) in [6.45, 7) is 5.54. The molecule has 0 aromatic heterocycles. The molecule has 2 N–H and O–H groups in total. The standard InChI is InChI=1S/C23H26ClN3O5S/c1-13-9-17(24)6-7-18(13)25-23(29)16-5-4-8-27(12-16)33(30,31)21-11-20-19(10-14(21)2)26-22(28)15(3)32-20/h6-7,9-11,15-16H,4-5,8,12H2,1-3H3,(H,25,29)(H,26,28)/t15-,16+/m1/s1. The monoisotopic (exact) mass is 491 g/mol. The highest BCUT2D eigenvalue weighted by atomic mass is 35.5. The molecule has 2 atom stereocenters. The predicted octanol–water partition coefficient (Wildman–Crippen LogP) is 3.72. The molecule has 2 aliphatic heterocycles. The maximum Gasteiger partial charge on any atom is 0.265 e. The van der Waals surface area contributed by atoms with Gasteiger partial charge in [0.2, 0.25) is 15.9 Å².